The highest BCUT2D eigenvalue weighted by Crippen LogP contribution is 2.35. The first-order valence-corrected chi connectivity index (χ1v) is 8.36. The largest absolute Gasteiger partial charge is 0.497 e. The summed E-state index contributed by atoms with van der Waals surface area (Å²) in [6, 6.07) is 13.5. The molecule has 0 unspecified atom stereocenters. The van der Waals surface area contributed by atoms with Gasteiger partial charge in [-0.1, -0.05) is 17.2 Å². The smallest absolute Gasteiger partial charge is 0.248 e. The van der Waals surface area contributed by atoms with Gasteiger partial charge in [0.1, 0.15) is 11.8 Å². The molecule has 0 fully saturated rings. The molecule has 2 aromatic carbocycles. The predicted molar refractivity (Wildman–Crippen MR) is 100 cm³/mol. The zero-order chi connectivity index (χ0) is 18.8. The van der Waals surface area contributed by atoms with Gasteiger partial charge in [-0.3, -0.25) is 0 Å². The lowest BCUT2D eigenvalue weighted by Crippen LogP contribution is -2.20. The Balaban J connectivity index is 1.76. The second-order valence-electron chi connectivity index (χ2n) is 5.94. The molecule has 4 rings (SSSR count). The van der Waals surface area contributed by atoms with E-state index in [1.54, 1.807) is 26.0 Å². The second-order valence-corrected chi connectivity index (χ2v) is 5.94. The van der Waals surface area contributed by atoms with Gasteiger partial charge < -0.3 is 19.5 Å². The van der Waals surface area contributed by atoms with E-state index in [0.717, 1.165) is 22.6 Å². The number of methoxy groups -OCH3 is 3. The first kappa shape index (κ1) is 16.9. The van der Waals surface area contributed by atoms with Crippen molar-refractivity contribution in [2.75, 3.05) is 26.6 Å². The fourth-order valence-electron chi connectivity index (χ4n) is 3.06. The Morgan fingerprint density at radius 3 is 2.41 bits per heavy atom. The summed E-state index contributed by atoms with van der Waals surface area (Å²) in [5.74, 6) is 2.70. The van der Waals surface area contributed by atoms with E-state index in [2.05, 4.69) is 26.9 Å². The van der Waals surface area contributed by atoms with Gasteiger partial charge in [0.15, 0.2) is 11.5 Å². The fourth-order valence-corrected chi connectivity index (χ4v) is 3.06. The van der Waals surface area contributed by atoms with Crippen molar-refractivity contribution in [1.82, 2.24) is 20.2 Å². The minimum atomic E-state index is -0.148. The predicted octanol–water partition coefficient (Wildman–Crippen LogP) is 2.75. The van der Waals surface area contributed by atoms with E-state index in [1.807, 2.05) is 42.5 Å². The van der Waals surface area contributed by atoms with Crippen molar-refractivity contribution in [1.29, 1.82) is 0 Å². The number of tetrazole rings is 1. The summed E-state index contributed by atoms with van der Waals surface area (Å²) in [6.45, 7) is 0. The van der Waals surface area contributed by atoms with Crippen LogP contribution in [0.25, 0.3) is 5.70 Å². The maximum absolute atomic E-state index is 5.42. The van der Waals surface area contributed by atoms with Crippen LogP contribution in [-0.2, 0) is 0 Å². The molecule has 0 bridgehead atoms. The molecule has 2 heterocycles. The zero-order valence-electron chi connectivity index (χ0n) is 15.2. The van der Waals surface area contributed by atoms with E-state index in [0.29, 0.717) is 17.4 Å². The Labute approximate surface area is 156 Å². The van der Waals surface area contributed by atoms with E-state index in [4.69, 9.17) is 14.2 Å². The molecule has 0 saturated carbocycles. The molecule has 1 atom stereocenters. The monoisotopic (exact) mass is 365 g/mol. The summed E-state index contributed by atoms with van der Waals surface area (Å²) in [5.41, 5.74) is 2.88. The van der Waals surface area contributed by atoms with Crippen molar-refractivity contribution in [2.45, 2.75) is 6.04 Å². The van der Waals surface area contributed by atoms with E-state index in [-0.39, 0.29) is 6.04 Å². The number of rotatable bonds is 5. The standard InChI is InChI=1S/C19H19N5O3/c1-25-14-7-4-12(5-8-14)16-11-15(20-19-21-22-23-24(16)19)13-6-9-17(26-2)18(10-13)27-3/h4-11,16H,1-3H3,(H,20,21,23)/t16-/m0/s1. The first-order valence-electron chi connectivity index (χ1n) is 8.36. The van der Waals surface area contributed by atoms with Gasteiger partial charge in [0, 0.05) is 11.3 Å². The summed E-state index contributed by atoms with van der Waals surface area (Å²) < 4.78 is 17.7. The number of benzene rings is 2. The van der Waals surface area contributed by atoms with Crippen LogP contribution in [-0.4, -0.2) is 41.5 Å². The van der Waals surface area contributed by atoms with E-state index in [1.165, 1.54) is 0 Å². The fraction of sp³-hybridized carbons (Fsp3) is 0.211. The molecule has 1 aliphatic rings. The molecule has 1 N–H and O–H groups in total. The van der Waals surface area contributed by atoms with Gasteiger partial charge in [-0.05, 0) is 52.4 Å². The number of anilines is 1. The van der Waals surface area contributed by atoms with E-state index < -0.39 is 0 Å². The van der Waals surface area contributed by atoms with Crippen molar-refractivity contribution in [3.63, 3.8) is 0 Å². The molecule has 0 amide bonds. The molecule has 0 spiro atoms. The van der Waals surface area contributed by atoms with Crippen LogP contribution in [0.15, 0.2) is 48.5 Å². The van der Waals surface area contributed by atoms with Gasteiger partial charge in [-0.2, -0.15) is 4.68 Å². The van der Waals surface area contributed by atoms with E-state index >= 15 is 0 Å². The van der Waals surface area contributed by atoms with Crippen LogP contribution >= 0.6 is 0 Å². The average Bonchev–Trinajstić information content (AvgIpc) is 3.21. The molecule has 0 saturated heterocycles. The zero-order valence-corrected chi connectivity index (χ0v) is 15.2. The van der Waals surface area contributed by atoms with Gasteiger partial charge in [0.05, 0.1) is 21.3 Å². The molecule has 27 heavy (non-hydrogen) atoms. The summed E-state index contributed by atoms with van der Waals surface area (Å²) >= 11 is 0. The molecule has 1 aliphatic heterocycles. The minimum absolute atomic E-state index is 0.148. The number of nitrogens with one attached hydrogen (secondary N) is 1. The quantitative estimate of drug-likeness (QED) is 0.744. The molecule has 0 radical (unpaired) electrons. The van der Waals surface area contributed by atoms with Crippen molar-refractivity contribution in [2.24, 2.45) is 0 Å². The Kier molecular flexibility index (Phi) is 4.37. The summed E-state index contributed by atoms with van der Waals surface area (Å²) in [5, 5.41) is 15.3. The number of hydrogen-bond acceptors (Lipinski definition) is 7. The number of ether oxygens (including phenoxy) is 3. The summed E-state index contributed by atoms with van der Waals surface area (Å²) in [4.78, 5) is 0. The second kappa shape index (κ2) is 6.99. The Hall–Kier alpha value is -3.55. The van der Waals surface area contributed by atoms with Crippen molar-refractivity contribution >= 4 is 11.6 Å². The van der Waals surface area contributed by atoms with Crippen LogP contribution in [0.1, 0.15) is 17.2 Å². The average molecular weight is 365 g/mol. The van der Waals surface area contributed by atoms with E-state index in [9.17, 15) is 0 Å². The SMILES string of the molecule is COc1ccc([C@@H]2C=C(c3ccc(OC)c(OC)c3)Nc3nnnn32)cc1. The van der Waals surface area contributed by atoms with Gasteiger partial charge in [-0.25, -0.2) is 0 Å². The number of aromatic nitrogens is 4. The van der Waals surface area contributed by atoms with Gasteiger partial charge in [-0.15, -0.1) is 0 Å². The van der Waals surface area contributed by atoms with Gasteiger partial charge in [0.25, 0.3) is 0 Å². The van der Waals surface area contributed by atoms with Gasteiger partial charge >= 0.3 is 0 Å². The van der Waals surface area contributed by atoms with Crippen LogP contribution in [0.2, 0.25) is 0 Å². The maximum Gasteiger partial charge on any atom is 0.248 e. The van der Waals surface area contributed by atoms with Crippen molar-refractivity contribution < 1.29 is 14.2 Å². The van der Waals surface area contributed by atoms with Crippen molar-refractivity contribution in [3.05, 3.63) is 59.7 Å². The highest BCUT2D eigenvalue weighted by molar-refractivity contribution is 5.78. The lowest BCUT2D eigenvalue weighted by Gasteiger charge is -2.24. The van der Waals surface area contributed by atoms with Crippen LogP contribution in [0, 0.1) is 0 Å². The third kappa shape index (κ3) is 3.05. The lowest BCUT2D eigenvalue weighted by molar-refractivity contribution is 0.355. The van der Waals surface area contributed by atoms with Crippen LogP contribution in [0.5, 0.6) is 17.2 Å². The Morgan fingerprint density at radius 1 is 0.926 bits per heavy atom. The Morgan fingerprint density at radius 2 is 1.70 bits per heavy atom. The molecule has 3 aromatic rings. The topological polar surface area (TPSA) is 83.3 Å². The summed E-state index contributed by atoms with van der Waals surface area (Å²) in [7, 11) is 4.88. The normalized spacial score (nSPS) is 15.4. The molecule has 0 aliphatic carbocycles. The highest BCUT2D eigenvalue weighted by Gasteiger charge is 2.24. The van der Waals surface area contributed by atoms with Crippen LogP contribution < -0.4 is 19.5 Å². The lowest BCUT2D eigenvalue weighted by atomic mass is 10.0. The molecule has 138 valence electrons. The minimum Gasteiger partial charge on any atom is -0.497 e. The summed E-state index contributed by atoms with van der Waals surface area (Å²) in [6.07, 6.45) is 2.08. The first-order chi connectivity index (χ1) is 13.2. The third-order valence-corrected chi connectivity index (χ3v) is 4.48. The Bertz CT molecular complexity index is 981. The molecule has 1 aromatic heterocycles. The number of allylic oxidation sites excluding steroid dienone is 1. The molecule has 8 nitrogen and oxygen atoms in total. The number of hydrogen-bond donors (Lipinski definition) is 1. The molecular weight excluding hydrogens is 346 g/mol. The van der Waals surface area contributed by atoms with Crippen LogP contribution in [0.3, 0.4) is 0 Å². The highest BCUT2D eigenvalue weighted by atomic mass is 16.5. The third-order valence-electron chi connectivity index (χ3n) is 4.48. The maximum atomic E-state index is 5.42. The number of nitrogens with zero attached hydrogens (tertiary/aromatic N) is 4. The van der Waals surface area contributed by atoms with Crippen molar-refractivity contribution in [3.8, 4) is 17.2 Å². The van der Waals surface area contributed by atoms with Crippen LogP contribution in [0.4, 0.5) is 5.95 Å². The number of fused-ring (bicyclic) bond motifs is 1. The molecular formula is C19H19N5O3. The molecule has 8 heteroatoms. The van der Waals surface area contributed by atoms with Gasteiger partial charge in [0.2, 0.25) is 5.95 Å².